The first-order chi connectivity index (χ1) is 11.1. The average molecular weight is 316 g/mol. The topological polar surface area (TPSA) is 99.4 Å². The molecule has 0 aliphatic carbocycles. The van der Waals surface area contributed by atoms with E-state index < -0.39 is 5.97 Å². The number of carbonyl (C=O) groups is 2. The second-order valence-electron chi connectivity index (χ2n) is 4.84. The van der Waals surface area contributed by atoms with Crippen molar-refractivity contribution in [2.75, 3.05) is 13.2 Å². The van der Waals surface area contributed by atoms with Crippen molar-refractivity contribution in [3.63, 3.8) is 0 Å². The summed E-state index contributed by atoms with van der Waals surface area (Å²) >= 11 is 0. The van der Waals surface area contributed by atoms with E-state index in [4.69, 9.17) is 15.1 Å². The van der Waals surface area contributed by atoms with Gasteiger partial charge in [-0.15, -0.1) is 0 Å². The van der Waals surface area contributed by atoms with Crippen molar-refractivity contribution in [1.29, 1.82) is 5.26 Å². The molecule has 1 aromatic rings. The standard InChI is InChI=1S/C17H20N2O4/c1-2-3-9-19-17(22)14(12-18)11-13-4-6-15(7-5-13)23-10-8-16(20)21/h4-7,11H,2-3,8-10H2,1H3,(H,19,22)(H,20,21)/b14-11+. The van der Waals surface area contributed by atoms with Crippen LogP contribution in [0.4, 0.5) is 0 Å². The van der Waals surface area contributed by atoms with E-state index in [2.05, 4.69) is 5.32 Å². The number of nitrogens with zero attached hydrogens (tertiary/aromatic N) is 1. The lowest BCUT2D eigenvalue weighted by Gasteiger charge is -2.05. The lowest BCUT2D eigenvalue weighted by Crippen LogP contribution is -2.25. The van der Waals surface area contributed by atoms with Gasteiger partial charge >= 0.3 is 5.97 Å². The number of amides is 1. The molecule has 0 heterocycles. The van der Waals surface area contributed by atoms with Crippen LogP contribution in [0, 0.1) is 11.3 Å². The summed E-state index contributed by atoms with van der Waals surface area (Å²) in [7, 11) is 0. The number of hydrogen-bond acceptors (Lipinski definition) is 4. The summed E-state index contributed by atoms with van der Waals surface area (Å²) in [6, 6.07) is 8.62. The van der Waals surface area contributed by atoms with Crippen molar-refractivity contribution < 1.29 is 19.4 Å². The summed E-state index contributed by atoms with van der Waals surface area (Å²) in [5.74, 6) is -0.769. The normalized spacial score (nSPS) is 10.7. The first-order valence-electron chi connectivity index (χ1n) is 7.41. The Bertz CT molecular complexity index is 600. The van der Waals surface area contributed by atoms with Gasteiger partial charge in [-0.05, 0) is 30.2 Å². The molecule has 0 atom stereocenters. The van der Waals surface area contributed by atoms with Gasteiger partial charge in [0.25, 0.3) is 5.91 Å². The van der Waals surface area contributed by atoms with Gasteiger partial charge in [0.05, 0.1) is 13.0 Å². The first-order valence-corrected chi connectivity index (χ1v) is 7.41. The minimum Gasteiger partial charge on any atom is -0.493 e. The van der Waals surface area contributed by atoms with Crippen LogP contribution in [0.25, 0.3) is 6.08 Å². The number of aliphatic carboxylic acids is 1. The van der Waals surface area contributed by atoms with Crippen LogP contribution in [0.15, 0.2) is 29.8 Å². The Morgan fingerprint density at radius 3 is 2.61 bits per heavy atom. The van der Waals surface area contributed by atoms with Crippen LogP contribution >= 0.6 is 0 Å². The zero-order valence-electron chi connectivity index (χ0n) is 13.0. The van der Waals surface area contributed by atoms with Gasteiger partial charge in [-0.1, -0.05) is 25.5 Å². The molecule has 0 saturated carbocycles. The molecule has 0 aliphatic rings. The SMILES string of the molecule is CCCCNC(=O)/C(C#N)=C/c1ccc(OCCC(=O)O)cc1. The van der Waals surface area contributed by atoms with E-state index in [-0.39, 0.29) is 24.5 Å². The van der Waals surface area contributed by atoms with Gasteiger partial charge in [0.15, 0.2) is 0 Å². The number of rotatable bonds is 9. The number of carboxylic acids is 1. The van der Waals surface area contributed by atoms with Crippen molar-refractivity contribution >= 4 is 18.0 Å². The lowest BCUT2D eigenvalue weighted by molar-refractivity contribution is -0.137. The van der Waals surface area contributed by atoms with Crippen LogP contribution in [0.3, 0.4) is 0 Å². The van der Waals surface area contributed by atoms with Crippen LogP contribution < -0.4 is 10.1 Å². The van der Waals surface area contributed by atoms with Gasteiger partial charge < -0.3 is 15.2 Å². The Kier molecular flexibility index (Phi) is 7.94. The maximum atomic E-state index is 11.8. The zero-order chi connectivity index (χ0) is 17.1. The first kappa shape index (κ1) is 18.2. The van der Waals surface area contributed by atoms with Gasteiger partial charge in [0.1, 0.15) is 17.4 Å². The fourth-order valence-electron chi connectivity index (χ4n) is 1.71. The Balaban J connectivity index is 2.64. The maximum absolute atomic E-state index is 11.8. The van der Waals surface area contributed by atoms with Gasteiger partial charge in [-0.2, -0.15) is 5.26 Å². The lowest BCUT2D eigenvalue weighted by atomic mass is 10.1. The van der Waals surface area contributed by atoms with Gasteiger partial charge in [-0.25, -0.2) is 0 Å². The molecule has 0 radical (unpaired) electrons. The van der Waals surface area contributed by atoms with E-state index in [1.807, 2.05) is 13.0 Å². The fraction of sp³-hybridized carbons (Fsp3) is 0.353. The molecule has 2 N–H and O–H groups in total. The predicted octanol–water partition coefficient (Wildman–Crippen LogP) is 2.36. The monoisotopic (exact) mass is 316 g/mol. The highest BCUT2D eigenvalue weighted by molar-refractivity contribution is 6.01. The molecule has 0 unspecified atom stereocenters. The van der Waals surface area contributed by atoms with Crippen molar-refractivity contribution in [3.8, 4) is 11.8 Å². The molecule has 1 aromatic carbocycles. The molecular weight excluding hydrogens is 296 g/mol. The highest BCUT2D eigenvalue weighted by atomic mass is 16.5. The van der Waals surface area contributed by atoms with Crippen LogP contribution in [-0.4, -0.2) is 30.1 Å². The van der Waals surface area contributed by atoms with E-state index >= 15 is 0 Å². The third-order valence-corrected chi connectivity index (χ3v) is 2.96. The number of benzene rings is 1. The smallest absolute Gasteiger partial charge is 0.306 e. The number of carboxylic acid groups (broad SMARTS) is 1. The zero-order valence-corrected chi connectivity index (χ0v) is 13.0. The molecule has 0 spiro atoms. The van der Waals surface area contributed by atoms with Crippen LogP contribution in [0.1, 0.15) is 31.7 Å². The third-order valence-electron chi connectivity index (χ3n) is 2.96. The van der Waals surface area contributed by atoms with Gasteiger partial charge in [0.2, 0.25) is 0 Å². The molecule has 0 saturated heterocycles. The second-order valence-corrected chi connectivity index (χ2v) is 4.84. The van der Waals surface area contributed by atoms with Crippen molar-refractivity contribution in [2.24, 2.45) is 0 Å². The summed E-state index contributed by atoms with van der Waals surface area (Å²) in [5, 5.41) is 20.3. The molecule has 122 valence electrons. The van der Waals surface area contributed by atoms with Crippen molar-refractivity contribution in [2.45, 2.75) is 26.2 Å². The molecule has 1 rings (SSSR count). The largest absolute Gasteiger partial charge is 0.493 e. The number of unbranched alkanes of at least 4 members (excludes halogenated alkanes) is 1. The molecular formula is C17H20N2O4. The highest BCUT2D eigenvalue weighted by Crippen LogP contribution is 2.15. The molecule has 6 nitrogen and oxygen atoms in total. The number of nitriles is 1. The minimum atomic E-state index is -0.919. The summed E-state index contributed by atoms with van der Waals surface area (Å²) in [6.07, 6.45) is 3.27. The van der Waals surface area contributed by atoms with Crippen molar-refractivity contribution in [3.05, 3.63) is 35.4 Å². The summed E-state index contributed by atoms with van der Waals surface area (Å²) < 4.78 is 5.27. The predicted molar refractivity (Wildman–Crippen MR) is 85.7 cm³/mol. The molecule has 0 aromatic heterocycles. The maximum Gasteiger partial charge on any atom is 0.306 e. The van der Waals surface area contributed by atoms with Gasteiger partial charge in [0, 0.05) is 6.54 Å². The highest BCUT2D eigenvalue weighted by Gasteiger charge is 2.08. The van der Waals surface area contributed by atoms with Crippen molar-refractivity contribution in [1.82, 2.24) is 5.32 Å². The molecule has 0 fully saturated rings. The van der Waals surface area contributed by atoms with Crippen LogP contribution in [0.5, 0.6) is 5.75 Å². The number of nitrogens with one attached hydrogen (secondary N) is 1. The second kappa shape index (κ2) is 10.0. The number of carbonyl (C=O) groups excluding carboxylic acids is 1. The van der Waals surface area contributed by atoms with E-state index in [1.165, 1.54) is 6.08 Å². The molecule has 23 heavy (non-hydrogen) atoms. The van der Waals surface area contributed by atoms with Gasteiger partial charge in [-0.3, -0.25) is 9.59 Å². The summed E-state index contributed by atoms with van der Waals surface area (Å²) in [6.45, 7) is 2.66. The van der Waals surface area contributed by atoms with E-state index in [0.717, 1.165) is 12.8 Å². The average Bonchev–Trinajstić information content (AvgIpc) is 2.53. The quantitative estimate of drug-likeness (QED) is 0.414. The Morgan fingerprint density at radius 2 is 2.04 bits per heavy atom. The van der Waals surface area contributed by atoms with Crippen LogP contribution in [-0.2, 0) is 9.59 Å². The summed E-state index contributed by atoms with van der Waals surface area (Å²) in [5.41, 5.74) is 0.735. The number of ether oxygens (including phenoxy) is 1. The Morgan fingerprint density at radius 1 is 1.35 bits per heavy atom. The molecule has 6 heteroatoms. The van der Waals surface area contributed by atoms with E-state index in [1.54, 1.807) is 24.3 Å². The molecule has 1 amide bonds. The molecule has 0 bridgehead atoms. The van der Waals surface area contributed by atoms with E-state index in [0.29, 0.717) is 17.9 Å². The Hall–Kier alpha value is -2.81. The fourth-order valence-corrected chi connectivity index (χ4v) is 1.71. The summed E-state index contributed by atoms with van der Waals surface area (Å²) in [4.78, 5) is 22.2. The van der Waals surface area contributed by atoms with Crippen LogP contribution in [0.2, 0.25) is 0 Å². The molecule has 0 aliphatic heterocycles. The Labute approximate surface area is 135 Å². The number of hydrogen-bond donors (Lipinski definition) is 2. The minimum absolute atomic E-state index is 0.0423. The van der Waals surface area contributed by atoms with E-state index in [9.17, 15) is 9.59 Å². The third kappa shape index (κ3) is 7.14.